The fraction of sp³-hybridized carbons (Fsp3) is 0.500. The molecule has 4 nitrogen and oxygen atoms in total. The van der Waals surface area contributed by atoms with Gasteiger partial charge in [0.25, 0.3) is 5.91 Å². The van der Waals surface area contributed by atoms with Gasteiger partial charge in [-0.2, -0.15) is 5.10 Å². The Morgan fingerprint density at radius 3 is 3.05 bits per heavy atom. The van der Waals surface area contributed by atoms with Crippen LogP contribution in [0.4, 0.5) is 0 Å². The summed E-state index contributed by atoms with van der Waals surface area (Å²) in [5.74, 6) is 1.04. The molecule has 21 heavy (non-hydrogen) atoms. The second-order valence-corrected chi connectivity index (χ2v) is 6.02. The molecule has 1 atom stereocenters. The van der Waals surface area contributed by atoms with Crippen LogP contribution in [0.15, 0.2) is 23.3 Å². The number of ether oxygens (including phenoxy) is 1. The lowest BCUT2D eigenvalue weighted by Gasteiger charge is -2.18. The van der Waals surface area contributed by atoms with Gasteiger partial charge in [0.15, 0.2) is 6.61 Å². The highest BCUT2D eigenvalue weighted by Gasteiger charge is 2.14. The van der Waals surface area contributed by atoms with Crippen molar-refractivity contribution < 1.29 is 9.53 Å². The Kier molecular flexibility index (Phi) is 5.62. The molecule has 1 aromatic carbocycles. The fourth-order valence-corrected chi connectivity index (χ4v) is 2.51. The highest BCUT2D eigenvalue weighted by molar-refractivity contribution is 6.31. The van der Waals surface area contributed by atoms with Crippen LogP contribution >= 0.6 is 11.6 Å². The van der Waals surface area contributed by atoms with Crippen molar-refractivity contribution >= 4 is 23.2 Å². The third-order valence-electron chi connectivity index (χ3n) is 3.58. The predicted octanol–water partition coefficient (Wildman–Crippen LogP) is 3.71. The fourth-order valence-electron chi connectivity index (χ4n) is 2.39. The van der Waals surface area contributed by atoms with E-state index in [9.17, 15) is 4.79 Å². The van der Waals surface area contributed by atoms with Gasteiger partial charge in [-0.05, 0) is 62.3 Å². The van der Waals surface area contributed by atoms with Gasteiger partial charge in [-0.3, -0.25) is 4.79 Å². The minimum Gasteiger partial charge on any atom is -0.484 e. The number of hydrazone groups is 1. The molecule has 0 spiro atoms. The monoisotopic (exact) mass is 308 g/mol. The van der Waals surface area contributed by atoms with Crippen molar-refractivity contribution in [2.75, 3.05) is 6.61 Å². The zero-order valence-corrected chi connectivity index (χ0v) is 13.2. The van der Waals surface area contributed by atoms with Crippen molar-refractivity contribution in [3.05, 3.63) is 28.8 Å². The summed E-state index contributed by atoms with van der Waals surface area (Å²) < 4.78 is 5.42. The molecule has 0 unspecified atom stereocenters. The summed E-state index contributed by atoms with van der Waals surface area (Å²) in [4.78, 5) is 11.7. The Hall–Kier alpha value is -1.55. The first-order chi connectivity index (χ1) is 10.0. The summed E-state index contributed by atoms with van der Waals surface area (Å²) in [6.45, 7) is 4.06. The lowest BCUT2D eigenvalue weighted by molar-refractivity contribution is -0.123. The topological polar surface area (TPSA) is 50.7 Å². The van der Waals surface area contributed by atoms with Crippen molar-refractivity contribution in [3.8, 4) is 5.75 Å². The third-order valence-corrected chi connectivity index (χ3v) is 4.01. The molecule has 1 fully saturated rings. The third kappa shape index (κ3) is 5.05. The number of nitrogens with one attached hydrogen (secondary N) is 1. The summed E-state index contributed by atoms with van der Waals surface area (Å²) >= 11 is 5.94. The largest absolute Gasteiger partial charge is 0.484 e. The minimum absolute atomic E-state index is 0.0482. The number of aryl methyl sites for hydroxylation is 1. The Bertz CT molecular complexity index is 543. The smallest absolute Gasteiger partial charge is 0.277 e. The van der Waals surface area contributed by atoms with E-state index < -0.39 is 0 Å². The Labute approximate surface area is 130 Å². The summed E-state index contributed by atoms with van der Waals surface area (Å²) in [5.41, 5.74) is 4.56. The number of nitrogens with zero attached hydrogens (tertiary/aromatic N) is 1. The van der Waals surface area contributed by atoms with Crippen molar-refractivity contribution in [1.29, 1.82) is 0 Å². The zero-order chi connectivity index (χ0) is 15.2. The predicted molar refractivity (Wildman–Crippen MR) is 84.9 cm³/mol. The van der Waals surface area contributed by atoms with E-state index in [1.54, 1.807) is 12.1 Å². The van der Waals surface area contributed by atoms with E-state index in [1.807, 2.05) is 13.0 Å². The molecule has 1 aliphatic rings. The Morgan fingerprint density at radius 2 is 2.33 bits per heavy atom. The van der Waals surface area contributed by atoms with Gasteiger partial charge >= 0.3 is 0 Å². The minimum atomic E-state index is -0.242. The average Bonchev–Trinajstić information content (AvgIpc) is 2.46. The van der Waals surface area contributed by atoms with E-state index in [1.165, 1.54) is 6.42 Å². The Morgan fingerprint density at radius 1 is 1.52 bits per heavy atom. The second-order valence-electron chi connectivity index (χ2n) is 5.61. The van der Waals surface area contributed by atoms with Gasteiger partial charge in [-0.25, -0.2) is 5.43 Å². The first-order valence-electron chi connectivity index (χ1n) is 7.28. The van der Waals surface area contributed by atoms with E-state index in [2.05, 4.69) is 17.5 Å². The molecule has 0 heterocycles. The first-order valence-corrected chi connectivity index (χ1v) is 7.65. The SMILES string of the molecule is Cc1cc(OCC(=O)N/N=C2/CCC[C@H](C)C2)ccc1Cl. The quantitative estimate of drug-likeness (QED) is 0.862. The van der Waals surface area contributed by atoms with Crippen molar-refractivity contribution in [3.63, 3.8) is 0 Å². The van der Waals surface area contributed by atoms with Crippen LogP contribution in [0.25, 0.3) is 0 Å². The van der Waals surface area contributed by atoms with E-state index >= 15 is 0 Å². The van der Waals surface area contributed by atoms with Gasteiger partial charge in [0.05, 0.1) is 0 Å². The molecular formula is C16H21ClN2O2. The molecule has 0 aromatic heterocycles. The van der Waals surface area contributed by atoms with Crippen LogP contribution in [0, 0.1) is 12.8 Å². The molecule has 0 bridgehead atoms. The molecule has 0 aliphatic heterocycles. The van der Waals surface area contributed by atoms with E-state index in [0.29, 0.717) is 16.7 Å². The number of hydrogen-bond donors (Lipinski definition) is 1. The van der Waals surface area contributed by atoms with Crippen LogP contribution in [-0.4, -0.2) is 18.2 Å². The van der Waals surface area contributed by atoms with Crippen LogP contribution in [0.5, 0.6) is 5.75 Å². The highest BCUT2D eigenvalue weighted by atomic mass is 35.5. The summed E-state index contributed by atoms with van der Waals surface area (Å²) in [6, 6.07) is 5.31. The number of rotatable bonds is 4. The molecule has 1 aliphatic carbocycles. The maximum absolute atomic E-state index is 11.7. The van der Waals surface area contributed by atoms with Crippen LogP contribution in [0.2, 0.25) is 5.02 Å². The highest BCUT2D eigenvalue weighted by Crippen LogP contribution is 2.21. The zero-order valence-electron chi connectivity index (χ0n) is 12.5. The summed E-state index contributed by atoms with van der Waals surface area (Å²) in [6.07, 6.45) is 4.34. The molecule has 5 heteroatoms. The lowest BCUT2D eigenvalue weighted by Crippen LogP contribution is -2.27. The standard InChI is InChI=1S/C16H21ClN2O2/c1-11-4-3-5-13(8-11)18-19-16(20)10-21-14-6-7-15(17)12(2)9-14/h6-7,9,11H,3-5,8,10H2,1-2H3,(H,19,20)/b18-13-/t11-/m0/s1. The van der Waals surface area contributed by atoms with Gasteiger partial charge in [0.2, 0.25) is 0 Å². The van der Waals surface area contributed by atoms with Crippen LogP contribution in [-0.2, 0) is 4.79 Å². The van der Waals surface area contributed by atoms with Crippen LogP contribution in [0.3, 0.4) is 0 Å². The van der Waals surface area contributed by atoms with Crippen LogP contribution in [0.1, 0.15) is 38.2 Å². The van der Waals surface area contributed by atoms with Crippen molar-refractivity contribution in [1.82, 2.24) is 5.43 Å². The number of amides is 1. The van der Waals surface area contributed by atoms with Crippen molar-refractivity contribution in [2.24, 2.45) is 11.0 Å². The average molecular weight is 309 g/mol. The van der Waals surface area contributed by atoms with Gasteiger partial charge in [-0.15, -0.1) is 0 Å². The molecule has 1 amide bonds. The maximum Gasteiger partial charge on any atom is 0.277 e. The summed E-state index contributed by atoms with van der Waals surface area (Å²) in [5, 5.41) is 4.88. The molecule has 1 aromatic rings. The van der Waals surface area contributed by atoms with Crippen molar-refractivity contribution in [2.45, 2.75) is 39.5 Å². The number of halogens is 1. The molecular weight excluding hydrogens is 288 g/mol. The first kappa shape index (κ1) is 15.8. The number of hydrogen-bond acceptors (Lipinski definition) is 3. The van der Waals surface area contributed by atoms with E-state index in [-0.39, 0.29) is 12.5 Å². The molecule has 2 rings (SSSR count). The number of carbonyl (C=O) groups is 1. The normalized spacial score (nSPS) is 20.3. The van der Waals surface area contributed by atoms with Gasteiger partial charge in [0, 0.05) is 10.7 Å². The number of carbonyl (C=O) groups excluding carboxylic acids is 1. The molecule has 0 radical (unpaired) electrons. The molecule has 0 saturated heterocycles. The molecule has 114 valence electrons. The lowest BCUT2D eigenvalue weighted by atomic mass is 9.89. The van der Waals surface area contributed by atoms with Crippen LogP contribution < -0.4 is 10.2 Å². The number of benzene rings is 1. The molecule has 1 saturated carbocycles. The van der Waals surface area contributed by atoms with E-state index in [4.69, 9.17) is 16.3 Å². The maximum atomic E-state index is 11.7. The second kappa shape index (κ2) is 7.46. The van der Waals surface area contributed by atoms with Gasteiger partial charge < -0.3 is 4.74 Å². The molecule has 1 N–H and O–H groups in total. The summed E-state index contributed by atoms with van der Waals surface area (Å²) in [7, 11) is 0. The van der Waals surface area contributed by atoms with E-state index in [0.717, 1.165) is 30.5 Å². The van der Waals surface area contributed by atoms with Gasteiger partial charge in [0.1, 0.15) is 5.75 Å². The van der Waals surface area contributed by atoms with Gasteiger partial charge in [-0.1, -0.05) is 18.5 Å². The Balaban J connectivity index is 1.79.